The normalized spacial score (nSPS) is 21.7. The number of nitrogens with zero attached hydrogens (tertiary/aromatic N) is 1. The monoisotopic (exact) mass is 526 g/mol. The van der Waals surface area contributed by atoms with Gasteiger partial charge in [0.25, 0.3) is 0 Å². The van der Waals surface area contributed by atoms with E-state index in [1.54, 1.807) is 4.90 Å². The predicted octanol–water partition coefficient (Wildman–Crippen LogP) is 3.20. The van der Waals surface area contributed by atoms with Gasteiger partial charge < -0.3 is 35.1 Å². The fourth-order valence-electron chi connectivity index (χ4n) is 5.12. The molecule has 2 heterocycles. The van der Waals surface area contributed by atoms with Crippen LogP contribution in [-0.2, 0) is 14.2 Å². The molecule has 4 atom stereocenters. The van der Waals surface area contributed by atoms with Gasteiger partial charge >= 0.3 is 12.1 Å². The average molecular weight is 527 g/mol. The van der Waals surface area contributed by atoms with Crippen LogP contribution in [0.4, 0.5) is 18.4 Å². The Morgan fingerprint density at radius 3 is 2.62 bits per heavy atom. The molecule has 0 aromatic heterocycles. The number of amides is 3. The van der Waals surface area contributed by atoms with Crippen LogP contribution in [0.5, 0.6) is 0 Å². The minimum Gasteiger partial charge on any atom is -0.453 e. The standard InChI is InChI=1S/C26H40F2N4O5/c1-29-23(11-18-5-4-9-36-17-18)15-31-25(33)32-8-3-6-19(16-32)24(37-10-7-30-26(34)35-2)20-12-21(27)14-22(28)13-20/h12-14,18-19,23-24,29H,3-11,15-17H2,1-2H3,(H,30,34)(H,31,33)/t18?,19?,23-,24-/m1/s1. The van der Waals surface area contributed by atoms with E-state index in [9.17, 15) is 18.4 Å². The van der Waals surface area contributed by atoms with E-state index in [-0.39, 0.29) is 31.1 Å². The third kappa shape index (κ3) is 9.39. The van der Waals surface area contributed by atoms with Crippen molar-refractivity contribution in [3.63, 3.8) is 0 Å². The number of methoxy groups -OCH3 is 1. The molecule has 3 amide bonds. The van der Waals surface area contributed by atoms with Gasteiger partial charge in [-0.2, -0.15) is 0 Å². The average Bonchev–Trinajstić information content (AvgIpc) is 2.90. The number of ether oxygens (including phenoxy) is 3. The van der Waals surface area contributed by atoms with Gasteiger partial charge in [0.2, 0.25) is 0 Å². The number of carbonyl (C=O) groups is 2. The summed E-state index contributed by atoms with van der Waals surface area (Å²) in [4.78, 5) is 26.1. The number of piperidine rings is 1. The van der Waals surface area contributed by atoms with Crippen molar-refractivity contribution in [1.29, 1.82) is 0 Å². The van der Waals surface area contributed by atoms with E-state index in [2.05, 4.69) is 20.7 Å². The van der Waals surface area contributed by atoms with Gasteiger partial charge in [-0.1, -0.05) is 0 Å². The summed E-state index contributed by atoms with van der Waals surface area (Å²) in [7, 11) is 3.16. The molecule has 11 heteroatoms. The third-order valence-corrected chi connectivity index (χ3v) is 7.02. The number of carbonyl (C=O) groups excluding carboxylic acids is 2. The van der Waals surface area contributed by atoms with Crippen LogP contribution in [0.3, 0.4) is 0 Å². The molecule has 9 nitrogen and oxygen atoms in total. The van der Waals surface area contributed by atoms with Crippen LogP contribution in [0.2, 0.25) is 0 Å². The molecule has 1 aromatic rings. The minimum atomic E-state index is -0.692. The second-order valence-electron chi connectivity index (χ2n) is 9.75. The molecule has 0 saturated carbocycles. The van der Waals surface area contributed by atoms with Gasteiger partial charge in [-0.05, 0) is 62.8 Å². The van der Waals surface area contributed by atoms with Crippen molar-refractivity contribution < 1.29 is 32.6 Å². The van der Waals surface area contributed by atoms with Crippen LogP contribution in [-0.4, -0.2) is 83.2 Å². The van der Waals surface area contributed by atoms with Gasteiger partial charge in [-0.3, -0.25) is 0 Å². The molecule has 37 heavy (non-hydrogen) atoms. The van der Waals surface area contributed by atoms with Gasteiger partial charge in [0.05, 0.1) is 19.8 Å². The van der Waals surface area contributed by atoms with E-state index in [1.807, 2.05) is 7.05 Å². The Morgan fingerprint density at radius 1 is 1.16 bits per heavy atom. The molecule has 2 saturated heterocycles. The zero-order valence-electron chi connectivity index (χ0n) is 21.8. The predicted molar refractivity (Wildman–Crippen MR) is 134 cm³/mol. The molecule has 2 unspecified atom stereocenters. The molecule has 208 valence electrons. The van der Waals surface area contributed by atoms with Crippen molar-refractivity contribution in [2.75, 3.05) is 60.2 Å². The molecule has 3 N–H and O–H groups in total. The van der Waals surface area contributed by atoms with E-state index < -0.39 is 23.8 Å². The fraction of sp³-hybridized carbons (Fsp3) is 0.692. The largest absolute Gasteiger partial charge is 0.453 e. The lowest BCUT2D eigenvalue weighted by atomic mass is 9.88. The van der Waals surface area contributed by atoms with Crippen LogP contribution in [0.15, 0.2) is 18.2 Å². The quantitative estimate of drug-likeness (QED) is 0.383. The maximum Gasteiger partial charge on any atom is 0.406 e. The van der Waals surface area contributed by atoms with Crippen molar-refractivity contribution in [2.45, 2.75) is 44.2 Å². The van der Waals surface area contributed by atoms with Crippen LogP contribution >= 0.6 is 0 Å². The number of halogens is 2. The number of nitrogens with one attached hydrogen (secondary N) is 3. The molecule has 0 spiro atoms. The second-order valence-corrected chi connectivity index (χ2v) is 9.75. The highest BCUT2D eigenvalue weighted by molar-refractivity contribution is 5.74. The first-order chi connectivity index (χ1) is 17.9. The summed E-state index contributed by atoms with van der Waals surface area (Å²) in [6.45, 7) is 3.36. The molecule has 0 radical (unpaired) electrons. The highest BCUT2D eigenvalue weighted by atomic mass is 19.1. The zero-order chi connectivity index (χ0) is 26.6. The Balaban J connectivity index is 1.59. The molecule has 2 aliphatic rings. The summed E-state index contributed by atoms with van der Waals surface area (Å²) in [5.41, 5.74) is 0.368. The van der Waals surface area contributed by atoms with E-state index in [0.29, 0.717) is 31.1 Å². The van der Waals surface area contributed by atoms with E-state index in [0.717, 1.165) is 51.4 Å². The Hall–Kier alpha value is -2.50. The number of rotatable bonds is 11. The molecule has 0 aliphatic carbocycles. The topological polar surface area (TPSA) is 101 Å². The van der Waals surface area contributed by atoms with Gasteiger partial charge in [-0.25, -0.2) is 18.4 Å². The number of hydrogen-bond acceptors (Lipinski definition) is 6. The first kappa shape index (κ1) is 29.1. The molecule has 2 aliphatic heterocycles. The first-order valence-corrected chi connectivity index (χ1v) is 13.1. The molecule has 0 bridgehead atoms. The van der Waals surface area contributed by atoms with Gasteiger partial charge in [-0.15, -0.1) is 0 Å². The van der Waals surface area contributed by atoms with Crippen LogP contribution in [0, 0.1) is 23.5 Å². The number of hydrogen-bond donors (Lipinski definition) is 3. The maximum absolute atomic E-state index is 14.0. The van der Waals surface area contributed by atoms with Crippen molar-refractivity contribution >= 4 is 12.1 Å². The summed E-state index contributed by atoms with van der Waals surface area (Å²) in [6, 6.07) is 3.31. The number of likely N-dealkylation sites (tertiary alicyclic amines) is 1. The number of urea groups is 1. The Morgan fingerprint density at radius 2 is 1.95 bits per heavy atom. The van der Waals surface area contributed by atoms with Crippen LogP contribution < -0.4 is 16.0 Å². The lowest BCUT2D eigenvalue weighted by Crippen LogP contribution is -2.50. The zero-order valence-corrected chi connectivity index (χ0v) is 21.8. The van der Waals surface area contributed by atoms with Crippen molar-refractivity contribution in [1.82, 2.24) is 20.9 Å². The van der Waals surface area contributed by atoms with E-state index in [1.165, 1.54) is 19.2 Å². The SMILES string of the molecule is CN[C@@H](CNC(=O)N1CCCC([C@@H](OCCNC(=O)OC)c2cc(F)cc(F)c2)C1)CC1CCCOC1. The number of benzene rings is 1. The summed E-state index contributed by atoms with van der Waals surface area (Å²) in [5, 5.41) is 8.86. The fourth-order valence-corrected chi connectivity index (χ4v) is 5.12. The smallest absolute Gasteiger partial charge is 0.406 e. The molecule has 1 aromatic carbocycles. The molecular formula is C26H40F2N4O5. The summed E-state index contributed by atoms with van der Waals surface area (Å²) in [6.07, 6.45) is 3.38. The lowest BCUT2D eigenvalue weighted by molar-refractivity contribution is -0.00883. The van der Waals surface area contributed by atoms with Gasteiger partial charge in [0.1, 0.15) is 11.6 Å². The highest BCUT2D eigenvalue weighted by Gasteiger charge is 2.32. The minimum absolute atomic E-state index is 0.120. The Bertz CT molecular complexity index is 851. The first-order valence-electron chi connectivity index (χ1n) is 13.1. The molecular weight excluding hydrogens is 486 g/mol. The van der Waals surface area contributed by atoms with Crippen LogP contribution in [0.1, 0.15) is 43.8 Å². The van der Waals surface area contributed by atoms with E-state index in [4.69, 9.17) is 9.47 Å². The molecule has 3 rings (SSSR count). The van der Waals surface area contributed by atoms with Crippen molar-refractivity contribution in [3.05, 3.63) is 35.4 Å². The molecule has 2 fully saturated rings. The lowest BCUT2D eigenvalue weighted by Gasteiger charge is -2.37. The van der Waals surface area contributed by atoms with E-state index >= 15 is 0 Å². The third-order valence-electron chi connectivity index (χ3n) is 7.02. The Labute approximate surface area is 217 Å². The van der Waals surface area contributed by atoms with Crippen molar-refractivity contribution in [2.24, 2.45) is 11.8 Å². The second kappa shape index (κ2) is 15.0. The maximum atomic E-state index is 14.0. The van der Waals surface area contributed by atoms with Crippen molar-refractivity contribution in [3.8, 4) is 0 Å². The van der Waals surface area contributed by atoms with Crippen LogP contribution in [0.25, 0.3) is 0 Å². The van der Waals surface area contributed by atoms with Gasteiger partial charge in [0, 0.05) is 57.4 Å². The summed E-state index contributed by atoms with van der Waals surface area (Å²) >= 11 is 0. The number of alkyl carbamates (subject to hydrolysis) is 1. The summed E-state index contributed by atoms with van der Waals surface area (Å²) < 4.78 is 44.2. The van der Waals surface area contributed by atoms with Gasteiger partial charge in [0.15, 0.2) is 0 Å². The number of likely N-dealkylation sites (N-methyl/N-ethyl adjacent to an activating group) is 1. The summed E-state index contributed by atoms with van der Waals surface area (Å²) in [5.74, 6) is -1.06. The Kier molecular flexibility index (Phi) is 11.8. The highest BCUT2D eigenvalue weighted by Crippen LogP contribution is 2.33.